The molecular formula is C10H21O2. The Hall–Kier alpha value is -0.0800. The first-order valence-electron chi connectivity index (χ1n) is 4.45. The van der Waals surface area contributed by atoms with Crippen molar-refractivity contribution in [1.82, 2.24) is 0 Å². The second-order valence-electron chi connectivity index (χ2n) is 4.51. The molecule has 0 aliphatic heterocycles. The van der Waals surface area contributed by atoms with E-state index >= 15 is 0 Å². The van der Waals surface area contributed by atoms with Gasteiger partial charge in [-0.25, -0.2) is 9.78 Å². The van der Waals surface area contributed by atoms with Crippen LogP contribution in [0, 0.1) is 5.92 Å². The molecule has 0 saturated heterocycles. The summed E-state index contributed by atoms with van der Waals surface area (Å²) in [4.78, 5) is 10.4. The molecule has 0 amide bonds. The molecule has 12 heavy (non-hydrogen) atoms. The van der Waals surface area contributed by atoms with Gasteiger partial charge in [0, 0.05) is 0 Å². The maximum Gasteiger partial charge on any atom is 0.0952 e. The van der Waals surface area contributed by atoms with E-state index in [0.717, 1.165) is 6.42 Å². The second kappa shape index (κ2) is 4.83. The van der Waals surface area contributed by atoms with Crippen LogP contribution >= 0.6 is 0 Å². The Labute approximate surface area is 76.2 Å². The minimum Gasteiger partial charge on any atom is -0.233 e. The van der Waals surface area contributed by atoms with Gasteiger partial charge in [0.2, 0.25) is 0 Å². The Morgan fingerprint density at radius 3 is 2.08 bits per heavy atom. The van der Waals surface area contributed by atoms with Gasteiger partial charge in [-0.15, -0.1) is 0 Å². The lowest BCUT2D eigenvalue weighted by atomic mass is 10.1. The standard InChI is InChI=1S/C10H21O2/c1-8(2)7-9(3)11-12-10(4,5)6/h9H,7H2,1-6H3. The van der Waals surface area contributed by atoms with E-state index in [0.29, 0.717) is 0 Å². The number of rotatable bonds is 4. The lowest BCUT2D eigenvalue weighted by Gasteiger charge is -2.21. The summed E-state index contributed by atoms with van der Waals surface area (Å²) in [7, 11) is 0. The minimum absolute atomic E-state index is 0.147. The molecule has 0 spiro atoms. The van der Waals surface area contributed by atoms with Gasteiger partial charge in [-0.2, -0.15) is 0 Å². The quantitative estimate of drug-likeness (QED) is 0.480. The molecular weight excluding hydrogens is 152 g/mol. The van der Waals surface area contributed by atoms with Gasteiger partial charge in [-0.1, -0.05) is 13.8 Å². The van der Waals surface area contributed by atoms with Crippen LogP contribution in [0.25, 0.3) is 0 Å². The fourth-order valence-electron chi connectivity index (χ4n) is 0.835. The molecule has 0 aromatic carbocycles. The normalized spacial score (nSPS) is 15.2. The van der Waals surface area contributed by atoms with E-state index in [1.807, 2.05) is 27.7 Å². The minimum atomic E-state index is -0.212. The Morgan fingerprint density at radius 2 is 1.75 bits per heavy atom. The zero-order valence-electron chi connectivity index (χ0n) is 9.10. The van der Waals surface area contributed by atoms with Gasteiger partial charge in [0.05, 0.1) is 11.7 Å². The van der Waals surface area contributed by atoms with Gasteiger partial charge in [-0.3, -0.25) is 0 Å². The molecule has 73 valence electrons. The van der Waals surface area contributed by atoms with Crippen molar-refractivity contribution >= 4 is 0 Å². The highest BCUT2D eigenvalue weighted by atomic mass is 17.2. The molecule has 0 rings (SSSR count). The highest BCUT2D eigenvalue weighted by molar-refractivity contribution is 4.79. The van der Waals surface area contributed by atoms with Crippen molar-refractivity contribution in [3.8, 4) is 0 Å². The topological polar surface area (TPSA) is 18.5 Å². The SMILES string of the molecule is C[C](C)CC(C)OOC(C)(C)C. The maximum atomic E-state index is 5.20. The predicted octanol–water partition coefficient (Wildman–Crippen LogP) is 3.13. The largest absolute Gasteiger partial charge is 0.233 e. The second-order valence-corrected chi connectivity index (χ2v) is 4.51. The summed E-state index contributed by atoms with van der Waals surface area (Å²) in [6.07, 6.45) is 1.10. The Bertz CT molecular complexity index is 113. The Balaban J connectivity index is 3.51. The molecule has 0 N–H and O–H groups in total. The van der Waals surface area contributed by atoms with Crippen LogP contribution in [-0.2, 0) is 9.78 Å². The molecule has 0 aliphatic carbocycles. The maximum absolute atomic E-state index is 5.20. The van der Waals surface area contributed by atoms with Gasteiger partial charge >= 0.3 is 0 Å². The van der Waals surface area contributed by atoms with Gasteiger partial charge in [-0.05, 0) is 40.0 Å². The van der Waals surface area contributed by atoms with E-state index in [1.165, 1.54) is 5.92 Å². The van der Waals surface area contributed by atoms with Crippen molar-refractivity contribution in [3.63, 3.8) is 0 Å². The molecule has 0 heterocycles. The zero-order valence-corrected chi connectivity index (χ0v) is 9.10. The molecule has 0 bridgehead atoms. The van der Waals surface area contributed by atoms with E-state index in [-0.39, 0.29) is 11.7 Å². The first-order valence-corrected chi connectivity index (χ1v) is 4.45. The van der Waals surface area contributed by atoms with Gasteiger partial charge in [0.25, 0.3) is 0 Å². The van der Waals surface area contributed by atoms with E-state index in [9.17, 15) is 0 Å². The third-order valence-electron chi connectivity index (χ3n) is 1.16. The molecule has 0 aliphatic rings. The molecule has 1 radical (unpaired) electrons. The third kappa shape index (κ3) is 8.02. The van der Waals surface area contributed by atoms with Gasteiger partial charge in [0.1, 0.15) is 0 Å². The van der Waals surface area contributed by atoms with Crippen molar-refractivity contribution in [1.29, 1.82) is 0 Å². The highest BCUT2D eigenvalue weighted by Crippen LogP contribution is 2.14. The third-order valence-corrected chi connectivity index (χ3v) is 1.16. The Morgan fingerprint density at radius 1 is 1.25 bits per heavy atom. The van der Waals surface area contributed by atoms with E-state index in [1.54, 1.807) is 0 Å². The van der Waals surface area contributed by atoms with Crippen LogP contribution in [0.2, 0.25) is 0 Å². The Kier molecular flexibility index (Phi) is 4.80. The molecule has 2 nitrogen and oxygen atoms in total. The summed E-state index contributed by atoms with van der Waals surface area (Å²) in [5, 5.41) is 0. The number of hydrogen-bond donors (Lipinski definition) is 0. The summed E-state index contributed by atoms with van der Waals surface area (Å²) in [5.41, 5.74) is -0.212. The molecule has 2 heteroatoms. The summed E-state index contributed by atoms with van der Waals surface area (Å²) < 4.78 is 0. The van der Waals surface area contributed by atoms with E-state index < -0.39 is 0 Å². The molecule has 1 unspecified atom stereocenters. The smallest absolute Gasteiger partial charge is 0.0952 e. The van der Waals surface area contributed by atoms with Crippen molar-refractivity contribution < 1.29 is 9.78 Å². The van der Waals surface area contributed by atoms with Crippen LogP contribution in [0.1, 0.15) is 48.0 Å². The first kappa shape index (κ1) is 11.9. The van der Waals surface area contributed by atoms with Crippen molar-refractivity contribution in [3.05, 3.63) is 5.92 Å². The summed E-state index contributed by atoms with van der Waals surface area (Å²) in [6, 6.07) is 0. The fourth-order valence-corrected chi connectivity index (χ4v) is 0.835. The first-order chi connectivity index (χ1) is 5.31. The van der Waals surface area contributed by atoms with Gasteiger partial charge < -0.3 is 0 Å². The molecule has 0 aromatic rings. The van der Waals surface area contributed by atoms with Crippen LogP contribution in [0.15, 0.2) is 0 Å². The summed E-state index contributed by atoms with van der Waals surface area (Å²) in [6.45, 7) is 12.1. The molecule has 0 aromatic heterocycles. The average Bonchev–Trinajstić information content (AvgIpc) is 1.80. The monoisotopic (exact) mass is 173 g/mol. The highest BCUT2D eigenvalue weighted by Gasteiger charge is 2.14. The van der Waals surface area contributed by atoms with Crippen LogP contribution in [0.3, 0.4) is 0 Å². The fraction of sp³-hybridized carbons (Fsp3) is 0.900. The van der Waals surface area contributed by atoms with Crippen LogP contribution in [-0.4, -0.2) is 11.7 Å². The zero-order chi connectivity index (χ0) is 9.78. The van der Waals surface area contributed by atoms with Gasteiger partial charge in [0.15, 0.2) is 0 Å². The van der Waals surface area contributed by atoms with Crippen molar-refractivity contribution in [2.45, 2.75) is 59.7 Å². The van der Waals surface area contributed by atoms with Crippen molar-refractivity contribution in [2.75, 3.05) is 0 Å². The lowest BCUT2D eigenvalue weighted by Crippen LogP contribution is -2.23. The van der Waals surface area contributed by atoms with Crippen LogP contribution in [0.5, 0.6) is 0 Å². The predicted molar refractivity (Wildman–Crippen MR) is 50.6 cm³/mol. The average molecular weight is 173 g/mol. The summed E-state index contributed by atoms with van der Waals surface area (Å²) >= 11 is 0. The van der Waals surface area contributed by atoms with E-state index in [4.69, 9.17) is 9.78 Å². The molecule has 1 atom stereocenters. The van der Waals surface area contributed by atoms with Crippen molar-refractivity contribution in [2.24, 2.45) is 0 Å². The molecule has 0 saturated carbocycles. The van der Waals surface area contributed by atoms with E-state index in [2.05, 4.69) is 13.8 Å². The summed E-state index contributed by atoms with van der Waals surface area (Å²) in [5.74, 6) is 1.36. The molecule has 0 fully saturated rings. The van der Waals surface area contributed by atoms with Crippen LogP contribution in [0.4, 0.5) is 0 Å². The number of hydrogen-bond acceptors (Lipinski definition) is 2. The van der Waals surface area contributed by atoms with Crippen LogP contribution < -0.4 is 0 Å². The lowest BCUT2D eigenvalue weighted by molar-refractivity contribution is -0.370.